The van der Waals surface area contributed by atoms with Crippen LogP contribution in [0.15, 0.2) is 42.3 Å². The Balaban J connectivity index is 1.63. The zero-order valence-electron chi connectivity index (χ0n) is 27.6. The number of phosphoric ester groups is 1. The minimum atomic E-state index is -4.46. The van der Waals surface area contributed by atoms with Crippen molar-refractivity contribution in [2.45, 2.75) is 135 Å². The van der Waals surface area contributed by atoms with E-state index in [0.717, 1.165) is 50.8 Å². The van der Waals surface area contributed by atoms with Gasteiger partial charge in [-0.15, -0.1) is 0 Å². The standard InChI is InChI=1S/C35H62NO6P/c1-4-5-6-7-8-9-10-11-12-13-14-15-16-22-29-39-35(40-30-26-33-23-18-17-19-24-33)27-31-41-43(37,38)42-32-34-25-20-21-28-36(34,2)3/h17-19,23-24,32,35H,4-16,20-22,25-31H2,1-3H3. The molecule has 7 nitrogen and oxygen atoms in total. The third kappa shape index (κ3) is 19.0. The summed E-state index contributed by atoms with van der Waals surface area (Å²) >= 11 is 0. The predicted molar refractivity (Wildman–Crippen MR) is 174 cm³/mol. The Kier molecular flexibility index (Phi) is 20.5. The number of phosphoric acid groups is 1. The van der Waals surface area contributed by atoms with Gasteiger partial charge in [-0.05, 0) is 31.2 Å². The lowest BCUT2D eigenvalue weighted by Crippen LogP contribution is -2.42. The molecule has 2 unspecified atom stereocenters. The minimum Gasteiger partial charge on any atom is -0.746 e. The van der Waals surface area contributed by atoms with Gasteiger partial charge in [-0.1, -0.05) is 121 Å². The highest BCUT2D eigenvalue weighted by Crippen LogP contribution is 2.40. The average Bonchev–Trinajstić information content (AvgIpc) is 2.98. The number of piperidine rings is 1. The van der Waals surface area contributed by atoms with Gasteiger partial charge in [0.1, 0.15) is 12.0 Å². The fourth-order valence-electron chi connectivity index (χ4n) is 5.56. The molecule has 2 atom stereocenters. The van der Waals surface area contributed by atoms with Crippen LogP contribution < -0.4 is 4.89 Å². The summed E-state index contributed by atoms with van der Waals surface area (Å²) in [4.78, 5) is 12.4. The van der Waals surface area contributed by atoms with Crippen LogP contribution in [0.2, 0.25) is 0 Å². The number of hydrogen-bond donors (Lipinski definition) is 0. The maximum Gasteiger partial charge on any atom is 0.319 e. The summed E-state index contributed by atoms with van der Waals surface area (Å²) in [5.74, 6) is 0. The Morgan fingerprint density at radius 1 is 0.814 bits per heavy atom. The number of hydrogen-bond acceptors (Lipinski definition) is 6. The van der Waals surface area contributed by atoms with Crippen LogP contribution in [0.4, 0.5) is 0 Å². The summed E-state index contributed by atoms with van der Waals surface area (Å²) in [6, 6.07) is 10.2. The van der Waals surface area contributed by atoms with Crippen molar-refractivity contribution < 1.29 is 32.5 Å². The summed E-state index contributed by atoms with van der Waals surface area (Å²) in [6.45, 7) is 4.29. The molecular weight excluding hydrogens is 561 g/mol. The fourth-order valence-corrected chi connectivity index (χ4v) is 6.20. The lowest BCUT2D eigenvalue weighted by molar-refractivity contribution is -0.858. The Morgan fingerprint density at radius 3 is 2.00 bits per heavy atom. The Hall–Kier alpha value is -1.21. The number of likely N-dealkylation sites (tertiary alicyclic amines) is 1. The van der Waals surface area contributed by atoms with Crippen LogP contribution in [0.1, 0.15) is 128 Å². The second kappa shape index (κ2) is 23.2. The van der Waals surface area contributed by atoms with E-state index >= 15 is 0 Å². The Bertz CT molecular complexity index is 894. The second-order valence-electron chi connectivity index (χ2n) is 12.7. The SMILES string of the molecule is CCCCCCCCCCCCCCCCOC(CCOP(=O)([O-])OC=C1CCCC[N+]1(C)C)OCCc1ccccc1. The quantitative estimate of drug-likeness (QED) is 0.0337. The van der Waals surface area contributed by atoms with Crippen molar-refractivity contribution in [3.05, 3.63) is 47.9 Å². The van der Waals surface area contributed by atoms with Crippen LogP contribution in [-0.2, 0) is 29.5 Å². The Labute approximate surface area is 263 Å². The van der Waals surface area contributed by atoms with E-state index in [-0.39, 0.29) is 6.61 Å². The highest BCUT2D eigenvalue weighted by Gasteiger charge is 2.27. The van der Waals surface area contributed by atoms with Gasteiger partial charge in [0.2, 0.25) is 0 Å². The first-order chi connectivity index (χ1) is 20.8. The van der Waals surface area contributed by atoms with E-state index in [1.807, 2.05) is 18.2 Å². The number of ether oxygens (including phenoxy) is 2. The monoisotopic (exact) mass is 623 g/mol. The number of unbranched alkanes of at least 4 members (excludes halogenated alkanes) is 13. The first kappa shape index (κ1) is 38.0. The van der Waals surface area contributed by atoms with Gasteiger partial charge in [0, 0.05) is 19.4 Å². The van der Waals surface area contributed by atoms with Gasteiger partial charge in [0.05, 0.1) is 33.9 Å². The van der Waals surface area contributed by atoms with Crippen molar-refractivity contribution in [1.29, 1.82) is 0 Å². The third-order valence-electron chi connectivity index (χ3n) is 8.44. The van der Waals surface area contributed by atoms with Gasteiger partial charge in [0.15, 0.2) is 6.29 Å². The van der Waals surface area contributed by atoms with Gasteiger partial charge in [-0.25, -0.2) is 0 Å². The third-order valence-corrected chi connectivity index (χ3v) is 9.30. The summed E-state index contributed by atoms with van der Waals surface area (Å²) in [5.41, 5.74) is 2.16. The molecule has 0 N–H and O–H groups in total. The summed E-state index contributed by atoms with van der Waals surface area (Å²) in [5, 5.41) is 0. The maximum absolute atomic E-state index is 12.4. The van der Waals surface area contributed by atoms with Crippen LogP contribution in [-0.4, -0.2) is 51.2 Å². The van der Waals surface area contributed by atoms with Crippen LogP contribution in [0.25, 0.3) is 0 Å². The highest BCUT2D eigenvalue weighted by molar-refractivity contribution is 7.46. The van der Waals surface area contributed by atoms with Crippen molar-refractivity contribution in [2.75, 3.05) is 40.5 Å². The normalized spacial score (nSPS) is 18.0. The van der Waals surface area contributed by atoms with E-state index in [1.165, 1.54) is 88.9 Å². The summed E-state index contributed by atoms with van der Waals surface area (Å²) < 4.78 is 35.4. The Morgan fingerprint density at radius 2 is 1.40 bits per heavy atom. The van der Waals surface area contributed by atoms with Crippen LogP contribution in [0.5, 0.6) is 0 Å². The zero-order chi connectivity index (χ0) is 31.1. The molecule has 8 heteroatoms. The molecule has 0 aromatic heterocycles. The van der Waals surface area contributed by atoms with E-state index < -0.39 is 14.1 Å². The van der Waals surface area contributed by atoms with Crippen LogP contribution in [0.3, 0.4) is 0 Å². The van der Waals surface area contributed by atoms with E-state index in [2.05, 4.69) is 33.2 Å². The summed E-state index contributed by atoms with van der Waals surface area (Å²) in [6.07, 6.45) is 23.3. The van der Waals surface area contributed by atoms with Crippen molar-refractivity contribution in [3.8, 4) is 0 Å². The molecule has 1 fully saturated rings. The minimum absolute atomic E-state index is 0.0447. The van der Waals surface area contributed by atoms with Crippen molar-refractivity contribution in [3.63, 3.8) is 0 Å². The van der Waals surface area contributed by atoms with E-state index in [4.69, 9.17) is 18.5 Å². The predicted octanol–water partition coefficient (Wildman–Crippen LogP) is 9.06. The van der Waals surface area contributed by atoms with Crippen LogP contribution in [0, 0.1) is 0 Å². The molecule has 0 radical (unpaired) electrons. The first-order valence-electron chi connectivity index (χ1n) is 17.3. The van der Waals surface area contributed by atoms with Gasteiger partial charge in [0.25, 0.3) is 0 Å². The molecule has 1 aliphatic rings. The van der Waals surface area contributed by atoms with Crippen molar-refractivity contribution in [2.24, 2.45) is 0 Å². The lowest BCUT2D eigenvalue weighted by atomic mass is 10.0. The smallest absolute Gasteiger partial charge is 0.319 e. The number of quaternary nitrogens is 1. The molecule has 0 spiro atoms. The molecule has 0 aliphatic carbocycles. The molecule has 1 saturated heterocycles. The van der Waals surface area contributed by atoms with E-state index in [1.54, 1.807) is 0 Å². The van der Waals surface area contributed by atoms with Crippen molar-refractivity contribution >= 4 is 7.82 Å². The molecule has 1 aromatic carbocycles. The number of allylic oxidation sites excluding steroid dienone is 1. The van der Waals surface area contributed by atoms with E-state index in [0.29, 0.717) is 24.1 Å². The molecule has 0 amide bonds. The molecule has 1 aliphatic heterocycles. The average molecular weight is 624 g/mol. The number of rotatable bonds is 26. The molecule has 1 heterocycles. The highest BCUT2D eigenvalue weighted by atomic mass is 31.2. The number of benzene rings is 1. The number of nitrogens with zero attached hydrogens (tertiary/aromatic N) is 1. The van der Waals surface area contributed by atoms with Gasteiger partial charge < -0.3 is 23.4 Å². The topological polar surface area (TPSA) is 77.1 Å². The second-order valence-corrected chi connectivity index (χ2v) is 14.0. The van der Waals surface area contributed by atoms with Gasteiger partial charge >= 0.3 is 7.82 Å². The molecule has 0 saturated carbocycles. The molecule has 43 heavy (non-hydrogen) atoms. The van der Waals surface area contributed by atoms with Crippen LogP contribution >= 0.6 is 7.82 Å². The first-order valence-corrected chi connectivity index (χ1v) is 18.7. The van der Waals surface area contributed by atoms with Crippen molar-refractivity contribution in [1.82, 2.24) is 0 Å². The molecule has 0 bridgehead atoms. The molecular formula is C35H62NO6P. The largest absolute Gasteiger partial charge is 0.746 e. The van der Waals surface area contributed by atoms with E-state index in [9.17, 15) is 9.46 Å². The van der Waals surface area contributed by atoms with Gasteiger partial charge in [-0.3, -0.25) is 9.05 Å². The van der Waals surface area contributed by atoms with Gasteiger partial charge in [-0.2, -0.15) is 0 Å². The molecule has 1 aromatic rings. The fraction of sp³-hybridized carbons (Fsp3) is 0.771. The zero-order valence-corrected chi connectivity index (χ0v) is 28.5. The maximum atomic E-state index is 12.4. The lowest BCUT2D eigenvalue weighted by Gasteiger charge is -2.35. The summed E-state index contributed by atoms with van der Waals surface area (Å²) in [7, 11) is -0.322. The molecule has 248 valence electrons. The molecule has 2 rings (SSSR count).